The van der Waals surface area contributed by atoms with Crippen LogP contribution < -0.4 is 79.8 Å². The molecule has 4 aromatic carbocycles. The molecule has 3 aliphatic rings. The van der Waals surface area contributed by atoms with E-state index in [4.69, 9.17) is 32.4 Å². The van der Waals surface area contributed by atoms with Crippen LogP contribution in [0, 0.1) is 0 Å². The normalized spacial score (nSPS) is 12.6. The molecule has 2 heterocycles. The third-order valence-corrected chi connectivity index (χ3v) is 9.36. The number of fused-ring (bicyclic) bond motifs is 4. The molecule has 232 valence electrons. The van der Waals surface area contributed by atoms with Crippen LogP contribution in [0.4, 0.5) is 28.4 Å². The van der Waals surface area contributed by atoms with Gasteiger partial charge in [-0.05, 0) is 36.4 Å². The molecule has 0 amide bonds. The standard InChI is InChI=1S/C30H18Cl2N4O8S2.2Na/c31-25-28-30(44-22-12-20(34-16-9-5-2-6-10-16)24(46(40,41)42)14-18(22)36-28)26(32)27-29(25)43-21-11-19(33-15-7-3-1-4-8-15)23(45(37,38)39)13-17(21)35-27;;/h1-14,33,35H,(H,37,38,39)(H,40,41,42);;/q;2*+1/p-2. The Bertz CT molecular complexity index is 2490. The van der Waals surface area contributed by atoms with Crippen LogP contribution >= 0.6 is 23.2 Å². The third kappa shape index (κ3) is 6.99. The van der Waals surface area contributed by atoms with Crippen LogP contribution in [0.1, 0.15) is 0 Å². The van der Waals surface area contributed by atoms with Gasteiger partial charge in [0, 0.05) is 17.8 Å². The van der Waals surface area contributed by atoms with Gasteiger partial charge in [0.1, 0.15) is 47.2 Å². The number of benzene rings is 5. The SMILES string of the molecule is O=S(=O)([O-])c1cc2c(cc1Nc1ccccc1)Oc1c(c(Cl)c3oc4cc(=Nc5ccccc5)c(S(=O)(=O)[O-])cc-4nc3c1Cl)N2.[Na+].[Na+]. The van der Waals surface area contributed by atoms with Crippen molar-refractivity contribution < 1.29 is 94.2 Å². The van der Waals surface area contributed by atoms with Crippen molar-refractivity contribution >= 4 is 83.0 Å². The number of hydrogen-bond acceptors (Lipinski definition) is 12. The molecule has 0 bridgehead atoms. The van der Waals surface area contributed by atoms with Crippen LogP contribution in [-0.2, 0) is 20.2 Å². The summed E-state index contributed by atoms with van der Waals surface area (Å²) in [4.78, 5) is 7.57. The van der Waals surface area contributed by atoms with Crippen molar-refractivity contribution in [3.63, 3.8) is 0 Å². The molecule has 0 aromatic heterocycles. The fourth-order valence-electron chi connectivity index (χ4n) is 4.87. The van der Waals surface area contributed by atoms with E-state index in [0.717, 1.165) is 12.1 Å². The van der Waals surface area contributed by atoms with Crippen LogP contribution in [0.2, 0.25) is 10.0 Å². The second-order valence-corrected chi connectivity index (χ2v) is 13.4. The van der Waals surface area contributed by atoms with Crippen molar-refractivity contribution in [3.8, 4) is 23.0 Å². The van der Waals surface area contributed by atoms with Crippen LogP contribution in [0.5, 0.6) is 11.5 Å². The Balaban J connectivity index is 0.00000225. The molecule has 12 nitrogen and oxygen atoms in total. The van der Waals surface area contributed by atoms with Crippen molar-refractivity contribution in [2.45, 2.75) is 9.79 Å². The minimum Gasteiger partial charge on any atom is -0.744 e. The summed E-state index contributed by atoms with van der Waals surface area (Å²) < 4.78 is 85.4. The van der Waals surface area contributed by atoms with Gasteiger partial charge in [0.05, 0.1) is 32.2 Å². The quantitative estimate of drug-likeness (QED) is 0.145. The molecule has 48 heavy (non-hydrogen) atoms. The summed E-state index contributed by atoms with van der Waals surface area (Å²) in [5.41, 5.74) is 0.943. The fourth-order valence-corrected chi connectivity index (χ4v) is 6.65. The number of para-hydroxylation sites is 2. The van der Waals surface area contributed by atoms with Gasteiger partial charge in [-0.25, -0.2) is 26.8 Å². The molecule has 1 aliphatic carbocycles. The number of ether oxygens (including phenoxy) is 1. The largest absolute Gasteiger partial charge is 1.00 e. The maximum Gasteiger partial charge on any atom is 1.00 e. The van der Waals surface area contributed by atoms with Crippen molar-refractivity contribution in [2.75, 3.05) is 10.6 Å². The van der Waals surface area contributed by atoms with Crippen LogP contribution in [-0.4, -0.2) is 30.9 Å². The van der Waals surface area contributed by atoms with E-state index in [2.05, 4.69) is 20.6 Å². The zero-order valence-electron chi connectivity index (χ0n) is 24.8. The molecule has 7 rings (SSSR count). The van der Waals surface area contributed by atoms with Gasteiger partial charge in [0.25, 0.3) is 0 Å². The zero-order valence-corrected chi connectivity index (χ0v) is 32.0. The van der Waals surface area contributed by atoms with Crippen LogP contribution in [0.15, 0.2) is 104 Å². The number of halogens is 2. The fraction of sp³-hybridized carbons (Fsp3) is 0. The minimum atomic E-state index is -5.00. The molecule has 2 aliphatic heterocycles. The molecule has 0 saturated heterocycles. The Labute approximate surface area is 327 Å². The summed E-state index contributed by atoms with van der Waals surface area (Å²) in [6.07, 6.45) is 0. The van der Waals surface area contributed by atoms with Crippen molar-refractivity contribution in [1.29, 1.82) is 0 Å². The van der Waals surface area contributed by atoms with Gasteiger partial charge in [-0.15, -0.1) is 0 Å². The summed E-state index contributed by atoms with van der Waals surface area (Å²) >= 11 is 13.5. The first-order valence-corrected chi connectivity index (χ1v) is 16.7. The molecular formula is C30H16Cl2N4Na2O8S2. The topological polar surface area (TPSA) is 186 Å². The summed E-state index contributed by atoms with van der Waals surface area (Å²) in [5, 5.41) is 5.53. The first kappa shape index (κ1) is 36.6. The molecule has 0 spiro atoms. The van der Waals surface area contributed by atoms with E-state index >= 15 is 0 Å². The second-order valence-electron chi connectivity index (χ2n) is 9.93. The Morgan fingerprint density at radius 2 is 1.46 bits per heavy atom. The number of nitrogens with one attached hydrogen (secondary N) is 2. The summed E-state index contributed by atoms with van der Waals surface area (Å²) in [7, 11) is -9.95. The van der Waals surface area contributed by atoms with Gasteiger partial charge >= 0.3 is 59.1 Å². The molecule has 4 aromatic rings. The molecule has 0 fully saturated rings. The van der Waals surface area contributed by atoms with Crippen molar-refractivity contribution in [2.24, 2.45) is 4.99 Å². The van der Waals surface area contributed by atoms with Crippen LogP contribution in [0.3, 0.4) is 0 Å². The van der Waals surface area contributed by atoms with Gasteiger partial charge in [-0.1, -0.05) is 59.6 Å². The first-order valence-electron chi connectivity index (χ1n) is 13.1. The third-order valence-electron chi connectivity index (χ3n) is 6.90. The number of anilines is 4. The smallest absolute Gasteiger partial charge is 0.744 e. The predicted molar refractivity (Wildman–Crippen MR) is 168 cm³/mol. The van der Waals surface area contributed by atoms with E-state index in [0.29, 0.717) is 11.4 Å². The average molecular weight is 741 g/mol. The molecule has 18 heteroatoms. The molecule has 0 unspecified atom stereocenters. The average Bonchev–Trinajstić information content (AvgIpc) is 3.02. The van der Waals surface area contributed by atoms with E-state index in [1.807, 2.05) is 0 Å². The van der Waals surface area contributed by atoms with E-state index in [1.54, 1.807) is 60.7 Å². The Kier molecular flexibility index (Phi) is 10.6. The number of hydrogen-bond donors (Lipinski definition) is 2. The van der Waals surface area contributed by atoms with E-state index in [1.165, 1.54) is 12.1 Å². The number of nitrogens with zero attached hydrogens (tertiary/aromatic N) is 2. The Morgan fingerprint density at radius 3 is 2.10 bits per heavy atom. The number of rotatable bonds is 5. The number of aromatic nitrogens is 1. The molecular weight excluding hydrogens is 725 g/mol. The summed E-state index contributed by atoms with van der Waals surface area (Å²) in [5.74, 6) is 0.116. The maximum atomic E-state index is 12.2. The van der Waals surface area contributed by atoms with Crippen molar-refractivity contribution in [1.82, 2.24) is 4.98 Å². The summed E-state index contributed by atoms with van der Waals surface area (Å²) in [6, 6.07) is 21.7. The van der Waals surface area contributed by atoms with Gasteiger partial charge < -0.3 is 28.9 Å². The zero-order chi connectivity index (χ0) is 32.4. The van der Waals surface area contributed by atoms with Gasteiger partial charge in [0.2, 0.25) is 0 Å². The van der Waals surface area contributed by atoms with Crippen LogP contribution in [0.25, 0.3) is 22.6 Å². The van der Waals surface area contributed by atoms with Gasteiger partial charge in [0.15, 0.2) is 22.8 Å². The van der Waals surface area contributed by atoms with Gasteiger partial charge in [-0.2, -0.15) is 0 Å². The minimum absolute atomic E-state index is 0. The monoisotopic (exact) mass is 740 g/mol. The molecule has 0 atom stereocenters. The van der Waals surface area contributed by atoms with E-state index in [9.17, 15) is 25.9 Å². The van der Waals surface area contributed by atoms with E-state index in [-0.39, 0.29) is 126 Å². The first-order chi connectivity index (χ1) is 21.9. The maximum absolute atomic E-state index is 12.2. The molecule has 0 radical (unpaired) electrons. The molecule has 2 N–H and O–H groups in total. The second kappa shape index (κ2) is 13.9. The Morgan fingerprint density at radius 1 is 0.812 bits per heavy atom. The van der Waals surface area contributed by atoms with E-state index < -0.39 is 30.0 Å². The van der Waals surface area contributed by atoms with Gasteiger partial charge in [-0.3, -0.25) is 0 Å². The molecule has 0 saturated carbocycles. The Hall–Kier alpha value is -2.70. The van der Waals surface area contributed by atoms with Crippen molar-refractivity contribution in [3.05, 3.63) is 100 Å². The predicted octanol–water partition coefficient (Wildman–Crippen LogP) is 0.881. The summed E-state index contributed by atoms with van der Waals surface area (Å²) in [6.45, 7) is 0.